The molecule has 2 heterocycles. The van der Waals surface area contributed by atoms with Gasteiger partial charge in [0.05, 0.1) is 6.54 Å². The van der Waals surface area contributed by atoms with Crippen LogP contribution in [0.3, 0.4) is 0 Å². The molecule has 0 unspecified atom stereocenters. The van der Waals surface area contributed by atoms with E-state index in [9.17, 15) is 27.6 Å². The quantitative estimate of drug-likeness (QED) is 0.785. The van der Waals surface area contributed by atoms with Crippen molar-refractivity contribution in [2.75, 3.05) is 19.6 Å². The lowest BCUT2D eigenvalue weighted by molar-refractivity contribution is -0.141. The molecule has 0 aromatic carbocycles. The zero-order chi connectivity index (χ0) is 15.6. The number of nitrogens with one attached hydrogen (secondary N) is 2. The summed E-state index contributed by atoms with van der Waals surface area (Å²) in [6.07, 6.45) is -4.18. The summed E-state index contributed by atoms with van der Waals surface area (Å²) in [4.78, 5) is 37.9. The van der Waals surface area contributed by atoms with Gasteiger partial charge in [0.1, 0.15) is 11.3 Å². The van der Waals surface area contributed by atoms with Crippen molar-refractivity contribution >= 4 is 11.8 Å². The Labute approximate surface area is 116 Å². The number of alkyl halides is 3. The number of aromatic nitrogens is 1. The van der Waals surface area contributed by atoms with Gasteiger partial charge >= 0.3 is 6.18 Å². The van der Waals surface area contributed by atoms with Crippen LogP contribution < -0.4 is 10.9 Å². The molecule has 1 fully saturated rings. The Balaban J connectivity index is 2.27. The normalized spacial score (nSPS) is 16.3. The first-order valence-electron chi connectivity index (χ1n) is 6.15. The minimum absolute atomic E-state index is 0.223. The number of halogens is 3. The lowest BCUT2D eigenvalue weighted by Gasteiger charge is -2.18. The number of carbonyl (C=O) groups is 2. The Morgan fingerprint density at radius 1 is 1.24 bits per heavy atom. The second-order valence-corrected chi connectivity index (χ2v) is 4.54. The van der Waals surface area contributed by atoms with Gasteiger partial charge in [-0.15, -0.1) is 0 Å². The molecule has 0 bridgehead atoms. The molecule has 1 aromatic heterocycles. The number of rotatable bonds is 1. The van der Waals surface area contributed by atoms with Crippen molar-refractivity contribution in [3.05, 3.63) is 33.7 Å². The molecular weight excluding hydrogens is 291 g/mol. The summed E-state index contributed by atoms with van der Waals surface area (Å²) in [5, 5.41) is 2.56. The Bertz CT molecular complexity index is 624. The van der Waals surface area contributed by atoms with E-state index in [1.165, 1.54) is 0 Å². The van der Waals surface area contributed by atoms with E-state index in [-0.39, 0.29) is 19.0 Å². The number of nitrogens with zero attached hydrogens (tertiary/aromatic N) is 1. The van der Waals surface area contributed by atoms with Crippen molar-refractivity contribution in [3.8, 4) is 0 Å². The van der Waals surface area contributed by atoms with Gasteiger partial charge in [-0.3, -0.25) is 14.4 Å². The number of amides is 2. The highest BCUT2D eigenvalue weighted by Crippen LogP contribution is 2.26. The molecule has 2 rings (SSSR count). The van der Waals surface area contributed by atoms with Crippen molar-refractivity contribution in [1.82, 2.24) is 15.2 Å². The summed E-state index contributed by atoms with van der Waals surface area (Å²) in [6.45, 7) is 0.434. The second-order valence-electron chi connectivity index (χ2n) is 4.54. The fraction of sp³-hybridized carbons (Fsp3) is 0.417. The van der Waals surface area contributed by atoms with Gasteiger partial charge in [-0.25, -0.2) is 0 Å². The summed E-state index contributed by atoms with van der Waals surface area (Å²) in [6, 6.07) is 1.46. The first-order chi connectivity index (χ1) is 9.79. The standard InChI is InChI=1S/C12H12F3N3O3/c13-12(14,15)8-3-2-7(10(20)17-8)11(21)18-5-1-4-16-9(19)6-18/h2-3H,1,4-6H2,(H,16,19)(H,17,20). The highest BCUT2D eigenvalue weighted by atomic mass is 19.4. The first kappa shape index (κ1) is 15.1. The smallest absolute Gasteiger partial charge is 0.354 e. The highest BCUT2D eigenvalue weighted by Gasteiger charge is 2.33. The SMILES string of the molecule is O=C1CN(C(=O)c2ccc(C(F)(F)F)[nH]c2=O)CCCN1. The van der Waals surface area contributed by atoms with Crippen LogP contribution in [-0.2, 0) is 11.0 Å². The van der Waals surface area contributed by atoms with Crippen LogP contribution in [0.5, 0.6) is 0 Å². The number of hydrogen-bond donors (Lipinski definition) is 2. The average molecular weight is 303 g/mol. The van der Waals surface area contributed by atoms with E-state index < -0.39 is 28.9 Å². The number of H-pyrrole nitrogens is 1. The van der Waals surface area contributed by atoms with Crippen molar-refractivity contribution in [3.63, 3.8) is 0 Å². The third-order valence-corrected chi connectivity index (χ3v) is 2.99. The molecule has 0 atom stereocenters. The molecule has 0 spiro atoms. The van der Waals surface area contributed by atoms with Crippen LogP contribution in [0.25, 0.3) is 0 Å². The summed E-state index contributed by atoms with van der Waals surface area (Å²) in [5.41, 5.74) is -2.77. The van der Waals surface area contributed by atoms with Gasteiger partial charge in [0.15, 0.2) is 0 Å². The van der Waals surface area contributed by atoms with E-state index in [0.717, 1.165) is 11.0 Å². The monoisotopic (exact) mass is 303 g/mol. The Morgan fingerprint density at radius 3 is 2.57 bits per heavy atom. The predicted molar refractivity (Wildman–Crippen MR) is 65.6 cm³/mol. The fourth-order valence-corrected chi connectivity index (χ4v) is 1.96. The maximum atomic E-state index is 12.4. The summed E-state index contributed by atoms with van der Waals surface area (Å²) in [7, 11) is 0. The first-order valence-corrected chi connectivity index (χ1v) is 6.15. The molecule has 114 valence electrons. The van der Waals surface area contributed by atoms with Crippen molar-refractivity contribution in [2.24, 2.45) is 0 Å². The fourth-order valence-electron chi connectivity index (χ4n) is 1.96. The van der Waals surface area contributed by atoms with Gasteiger partial charge in [0.2, 0.25) is 5.91 Å². The van der Waals surface area contributed by atoms with Crippen molar-refractivity contribution in [2.45, 2.75) is 12.6 Å². The minimum Gasteiger partial charge on any atom is -0.354 e. The van der Waals surface area contributed by atoms with E-state index in [2.05, 4.69) is 5.32 Å². The molecule has 0 aliphatic carbocycles. The summed E-state index contributed by atoms with van der Waals surface area (Å²) >= 11 is 0. The van der Waals surface area contributed by atoms with Crippen LogP contribution >= 0.6 is 0 Å². The number of hydrogen-bond acceptors (Lipinski definition) is 3. The van der Waals surface area contributed by atoms with E-state index in [4.69, 9.17) is 0 Å². The van der Waals surface area contributed by atoms with E-state index in [1.807, 2.05) is 0 Å². The molecule has 6 nitrogen and oxygen atoms in total. The zero-order valence-electron chi connectivity index (χ0n) is 10.8. The highest BCUT2D eigenvalue weighted by molar-refractivity contribution is 5.96. The van der Waals surface area contributed by atoms with Crippen LogP contribution in [0.4, 0.5) is 13.2 Å². The third kappa shape index (κ3) is 3.41. The maximum Gasteiger partial charge on any atom is 0.431 e. The molecule has 1 aromatic rings. The van der Waals surface area contributed by atoms with Crippen LogP contribution in [-0.4, -0.2) is 41.3 Å². The molecule has 0 saturated carbocycles. The van der Waals surface area contributed by atoms with Crippen LogP contribution in [0.15, 0.2) is 16.9 Å². The average Bonchev–Trinajstić information content (AvgIpc) is 2.61. The molecular formula is C12H12F3N3O3. The zero-order valence-corrected chi connectivity index (χ0v) is 10.8. The number of pyridine rings is 1. The maximum absolute atomic E-state index is 12.4. The van der Waals surface area contributed by atoms with Crippen molar-refractivity contribution in [1.29, 1.82) is 0 Å². The van der Waals surface area contributed by atoms with Gasteiger partial charge in [-0.05, 0) is 18.6 Å². The molecule has 9 heteroatoms. The molecule has 21 heavy (non-hydrogen) atoms. The third-order valence-electron chi connectivity index (χ3n) is 2.99. The van der Waals surface area contributed by atoms with E-state index in [0.29, 0.717) is 19.0 Å². The summed E-state index contributed by atoms with van der Waals surface area (Å²) < 4.78 is 37.3. The number of aromatic amines is 1. The Kier molecular flexibility index (Phi) is 4.01. The minimum atomic E-state index is -4.69. The molecule has 1 aliphatic heterocycles. The Morgan fingerprint density at radius 2 is 1.95 bits per heavy atom. The van der Waals surface area contributed by atoms with Gasteiger partial charge in [-0.1, -0.05) is 0 Å². The van der Waals surface area contributed by atoms with E-state index in [1.54, 1.807) is 4.98 Å². The second kappa shape index (κ2) is 5.58. The van der Waals surface area contributed by atoms with E-state index >= 15 is 0 Å². The van der Waals surface area contributed by atoms with Crippen LogP contribution in [0.1, 0.15) is 22.5 Å². The molecule has 0 radical (unpaired) electrons. The van der Waals surface area contributed by atoms with Gasteiger partial charge in [-0.2, -0.15) is 13.2 Å². The van der Waals surface area contributed by atoms with Crippen LogP contribution in [0, 0.1) is 0 Å². The lowest BCUT2D eigenvalue weighted by Crippen LogP contribution is -2.39. The topological polar surface area (TPSA) is 82.3 Å². The number of carbonyl (C=O) groups excluding carboxylic acids is 2. The van der Waals surface area contributed by atoms with Gasteiger partial charge < -0.3 is 15.2 Å². The molecule has 2 N–H and O–H groups in total. The van der Waals surface area contributed by atoms with Crippen LogP contribution in [0.2, 0.25) is 0 Å². The summed E-state index contributed by atoms with van der Waals surface area (Å²) in [5.74, 6) is -1.13. The molecule has 2 amide bonds. The van der Waals surface area contributed by atoms with Gasteiger partial charge in [0, 0.05) is 13.1 Å². The predicted octanol–water partition coefficient (Wildman–Crippen LogP) is 0.356. The van der Waals surface area contributed by atoms with Gasteiger partial charge in [0.25, 0.3) is 11.5 Å². The molecule has 1 aliphatic rings. The Hall–Kier alpha value is -2.32. The molecule has 1 saturated heterocycles. The lowest BCUT2D eigenvalue weighted by atomic mass is 10.2. The van der Waals surface area contributed by atoms with Crippen molar-refractivity contribution < 1.29 is 22.8 Å². The largest absolute Gasteiger partial charge is 0.431 e.